The highest BCUT2D eigenvalue weighted by molar-refractivity contribution is 7.19. The number of hydrogen-bond donors (Lipinski definition) is 0. The molecule has 0 spiro atoms. The Morgan fingerprint density at radius 1 is 0.633 bits per heavy atom. The van der Waals surface area contributed by atoms with Crippen LogP contribution in [0.15, 0.2) is 48.8 Å². The lowest BCUT2D eigenvalue weighted by Crippen LogP contribution is -2.00. The van der Waals surface area contributed by atoms with Gasteiger partial charge in [-0.05, 0) is 24.3 Å². The van der Waals surface area contributed by atoms with Crippen LogP contribution in [0.1, 0.15) is 0 Å². The summed E-state index contributed by atoms with van der Waals surface area (Å²) in [6.07, 6.45) is 3.29. The summed E-state index contributed by atoms with van der Waals surface area (Å²) in [6, 6.07) is 18.7. The highest BCUT2D eigenvalue weighted by Gasteiger charge is 2.22. The molecule has 4 aromatic heterocycles. The fourth-order valence-corrected chi connectivity index (χ4v) is 5.63. The Bertz CT molecular complexity index is 1410. The lowest BCUT2D eigenvalue weighted by atomic mass is 10.1. The summed E-state index contributed by atoms with van der Waals surface area (Å²) in [5, 5.41) is 39.5. The second kappa shape index (κ2) is 7.95. The van der Waals surface area contributed by atoms with E-state index in [0.717, 1.165) is 0 Å². The molecule has 0 radical (unpaired) electrons. The molecule has 30 heavy (non-hydrogen) atoms. The van der Waals surface area contributed by atoms with Crippen LogP contribution in [-0.4, -0.2) is 9.97 Å². The number of hydrogen-bond acceptors (Lipinski definition) is 8. The maximum atomic E-state index is 9.55. The molecular weight excluding hydrogens is 412 g/mol. The third-order valence-corrected chi connectivity index (χ3v) is 6.72. The van der Waals surface area contributed by atoms with Gasteiger partial charge in [0.2, 0.25) is 0 Å². The maximum Gasteiger partial charge on any atom is 0.147 e. The minimum absolute atomic E-state index is 0.0378. The molecule has 0 atom stereocenters. The summed E-state index contributed by atoms with van der Waals surface area (Å²) < 4.78 is 0.961. The van der Waals surface area contributed by atoms with Gasteiger partial charge in [0.1, 0.15) is 35.4 Å². The van der Waals surface area contributed by atoms with Gasteiger partial charge in [-0.2, -0.15) is 21.0 Å². The van der Waals surface area contributed by atoms with Crippen molar-refractivity contribution in [1.29, 1.82) is 21.0 Å². The van der Waals surface area contributed by atoms with Gasteiger partial charge in [-0.1, -0.05) is 12.1 Å². The van der Waals surface area contributed by atoms with Gasteiger partial charge in [-0.25, -0.2) is 0 Å². The van der Waals surface area contributed by atoms with Crippen LogP contribution in [0.4, 0.5) is 0 Å². The molecule has 4 heterocycles. The summed E-state index contributed by atoms with van der Waals surface area (Å²) >= 11 is 2.51. The number of fused-ring (bicyclic) bond motifs is 1. The van der Waals surface area contributed by atoms with Crippen LogP contribution >= 0.6 is 22.7 Å². The lowest BCUT2D eigenvalue weighted by molar-refractivity contribution is 1.34. The highest BCUT2D eigenvalue weighted by Crippen LogP contribution is 2.37. The minimum atomic E-state index is -0.0378. The number of thiophene rings is 2. The number of nitriles is 4. The van der Waals surface area contributed by atoms with E-state index < -0.39 is 0 Å². The first kappa shape index (κ1) is 19.0. The molecule has 0 aliphatic carbocycles. The summed E-state index contributed by atoms with van der Waals surface area (Å²) in [5.74, 6) is 0. The SMILES string of the molecule is N#CC(C#N)=c1sc(-c2ccccn2)c2c(=C(C#N)C#N)sc(-c3ccccn3)c12. The third kappa shape index (κ3) is 3.00. The molecule has 0 amide bonds. The quantitative estimate of drug-likeness (QED) is 0.489. The monoisotopic (exact) mass is 420 g/mol. The zero-order valence-corrected chi connectivity index (χ0v) is 16.8. The van der Waals surface area contributed by atoms with Crippen molar-refractivity contribution in [3.63, 3.8) is 0 Å². The van der Waals surface area contributed by atoms with Crippen molar-refractivity contribution in [2.45, 2.75) is 0 Å². The second-order valence-electron chi connectivity index (χ2n) is 5.90. The molecule has 0 N–H and O–H groups in total. The first-order chi connectivity index (χ1) is 14.7. The van der Waals surface area contributed by atoms with E-state index in [1.54, 1.807) is 24.5 Å². The maximum absolute atomic E-state index is 9.55. The normalized spacial score (nSPS) is 9.87. The largest absolute Gasteiger partial charge is 0.255 e. The molecule has 0 saturated heterocycles. The smallest absolute Gasteiger partial charge is 0.147 e. The van der Waals surface area contributed by atoms with Crippen LogP contribution in [0.25, 0.3) is 43.1 Å². The zero-order chi connectivity index (χ0) is 21.1. The Kier molecular flexibility index (Phi) is 5.04. The molecule has 0 aliphatic heterocycles. The van der Waals surface area contributed by atoms with E-state index in [2.05, 4.69) is 9.97 Å². The average Bonchev–Trinajstić information content (AvgIpc) is 3.37. The molecule has 0 bridgehead atoms. The Morgan fingerprint density at radius 3 is 1.33 bits per heavy atom. The fourth-order valence-electron chi connectivity index (χ4n) is 3.03. The second-order valence-corrected chi connectivity index (χ2v) is 7.94. The molecule has 0 saturated carbocycles. The predicted molar refractivity (Wildman–Crippen MR) is 115 cm³/mol. The standard InChI is InChI=1S/C22H8N6S2/c23-9-13(10-24)19-17-18(22(30-19)16-6-2-4-8-28-16)20(14(11-25)12-26)29-21(17)15-5-1-3-7-27-15/h1-8H. The molecule has 6 nitrogen and oxygen atoms in total. The molecule has 0 fully saturated rings. The Balaban J connectivity index is 2.36. The molecule has 4 aromatic rings. The van der Waals surface area contributed by atoms with Crippen LogP contribution in [0, 0.1) is 45.3 Å². The Labute approximate surface area is 178 Å². The number of pyridine rings is 2. The van der Waals surface area contributed by atoms with Gasteiger partial charge in [0, 0.05) is 23.2 Å². The van der Waals surface area contributed by atoms with Crippen molar-refractivity contribution in [1.82, 2.24) is 9.97 Å². The van der Waals surface area contributed by atoms with Crippen molar-refractivity contribution in [3.8, 4) is 45.4 Å². The fraction of sp³-hybridized carbons (Fsp3) is 0. The third-order valence-electron chi connectivity index (χ3n) is 4.26. The van der Waals surface area contributed by atoms with Crippen molar-refractivity contribution < 1.29 is 0 Å². The van der Waals surface area contributed by atoms with Crippen LogP contribution in [0.2, 0.25) is 0 Å². The van der Waals surface area contributed by atoms with E-state index in [9.17, 15) is 21.0 Å². The molecule has 8 heteroatoms. The summed E-state index contributed by atoms with van der Waals surface area (Å²) in [4.78, 5) is 10.2. The van der Waals surface area contributed by atoms with E-state index >= 15 is 0 Å². The highest BCUT2D eigenvalue weighted by atomic mass is 32.1. The van der Waals surface area contributed by atoms with Gasteiger partial charge >= 0.3 is 0 Å². The number of rotatable bonds is 2. The van der Waals surface area contributed by atoms with Crippen molar-refractivity contribution in [2.75, 3.05) is 0 Å². The van der Waals surface area contributed by atoms with Gasteiger partial charge in [0.15, 0.2) is 0 Å². The van der Waals surface area contributed by atoms with E-state index in [-0.39, 0.29) is 11.1 Å². The molecule has 4 rings (SSSR count). The van der Waals surface area contributed by atoms with Gasteiger partial charge in [-0.15, -0.1) is 22.7 Å². The summed E-state index contributed by atoms with van der Waals surface area (Å²) in [6.45, 7) is 0. The predicted octanol–water partition coefficient (Wildman–Crippen LogP) is 3.48. The van der Waals surface area contributed by atoms with Crippen LogP contribution in [-0.2, 0) is 0 Å². The number of aromatic nitrogens is 2. The molecular formula is C22H8N6S2. The topological polar surface area (TPSA) is 121 Å². The van der Waals surface area contributed by atoms with Crippen molar-refractivity contribution in [3.05, 3.63) is 57.9 Å². The first-order valence-electron chi connectivity index (χ1n) is 8.50. The molecule has 0 unspecified atom stereocenters. The van der Waals surface area contributed by atoms with Gasteiger partial charge in [0.25, 0.3) is 0 Å². The van der Waals surface area contributed by atoms with Crippen molar-refractivity contribution in [2.24, 2.45) is 0 Å². The van der Waals surface area contributed by atoms with Crippen LogP contribution in [0.5, 0.6) is 0 Å². The summed E-state index contributed by atoms with van der Waals surface area (Å²) in [5.41, 5.74) is 1.19. The molecule has 138 valence electrons. The molecule has 0 aromatic carbocycles. The Hall–Kier alpha value is -4.34. The van der Waals surface area contributed by atoms with E-state index in [1.165, 1.54) is 22.7 Å². The van der Waals surface area contributed by atoms with Gasteiger partial charge in [-0.3, -0.25) is 9.97 Å². The zero-order valence-electron chi connectivity index (χ0n) is 15.1. The van der Waals surface area contributed by atoms with E-state index in [0.29, 0.717) is 41.0 Å². The van der Waals surface area contributed by atoms with Gasteiger partial charge in [0.05, 0.1) is 30.2 Å². The van der Waals surface area contributed by atoms with Crippen LogP contribution < -0.4 is 9.06 Å². The van der Waals surface area contributed by atoms with Gasteiger partial charge < -0.3 is 0 Å². The van der Waals surface area contributed by atoms with Crippen LogP contribution in [0.3, 0.4) is 0 Å². The minimum Gasteiger partial charge on any atom is -0.255 e. The number of nitrogens with zero attached hydrogens (tertiary/aromatic N) is 6. The summed E-state index contributed by atoms with van der Waals surface area (Å²) in [7, 11) is 0. The van der Waals surface area contributed by atoms with E-state index in [4.69, 9.17) is 0 Å². The first-order valence-corrected chi connectivity index (χ1v) is 10.1. The van der Waals surface area contributed by atoms with E-state index in [1.807, 2.05) is 48.5 Å². The average molecular weight is 420 g/mol. The lowest BCUT2D eigenvalue weighted by Gasteiger charge is -1.96. The Morgan fingerprint density at radius 2 is 1.03 bits per heavy atom. The molecule has 0 aliphatic rings. The van der Waals surface area contributed by atoms with Crippen molar-refractivity contribution >= 4 is 44.6 Å².